The first-order valence-electron chi connectivity index (χ1n) is 6.35. The number of hydrogen-bond donors (Lipinski definition) is 2. The molecule has 1 aliphatic rings. The maximum absolute atomic E-state index is 12.0. The lowest BCUT2D eigenvalue weighted by molar-refractivity contribution is 0.221. The van der Waals surface area contributed by atoms with E-state index < -0.39 is 0 Å². The summed E-state index contributed by atoms with van der Waals surface area (Å²) in [6, 6.07) is 7.91. The molecule has 2 N–H and O–H groups in total. The second-order valence-electron chi connectivity index (χ2n) is 5.05. The number of nitrogens with zero attached hydrogens (tertiary/aromatic N) is 1. The summed E-state index contributed by atoms with van der Waals surface area (Å²) >= 11 is 0. The van der Waals surface area contributed by atoms with Gasteiger partial charge >= 0.3 is 6.03 Å². The molecule has 4 heteroatoms. The van der Waals surface area contributed by atoms with E-state index in [2.05, 4.69) is 17.2 Å². The number of anilines is 1. The van der Waals surface area contributed by atoms with Crippen LogP contribution in [0, 0.1) is 5.92 Å². The normalized spacial score (nSPS) is 19.4. The average Bonchev–Trinajstić information content (AvgIpc) is 2.96. The molecule has 1 aromatic carbocycles. The molecule has 4 nitrogen and oxygen atoms in total. The molecule has 2 heterocycles. The molecule has 0 bridgehead atoms. The summed E-state index contributed by atoms with van der Waals surface area (Å²) in [5, 5.41) is 4.07. The van der Waals surface area contributed by atoms with E-state index >= 15 is 0 Å². The van der Waals surface area contributed by atoms with Crippen LogP contribution in [0.4, 0.5) is 10.5 Å². The first-order valence-corrected chi connectivity index (χ1v) is 6.35. The van der Waals surface area contributed by atoms with Crippen LogP contribution >= 0.6 is 0 Å². The zero-order chi connectivity index (χ0) is 12.5. The second kappa shape index (κ2) is 4.37. The van der Waals surface area contributed by atoms with E-state index in [9.17, 15) is 4.79 Å². The van der Waals surface area contributed by atoms with Crippen LogP contribution < -0.4 is 5.32 Å². The molecule has 18 heavy (non-hydrogen) atoms. The molecule has 2 aromatic rings. The number of nitrogens with one attached hydrogen (secondary N) is 2. The van der Waals surface area contributed by atoms with Gasteiger partial charge in [0, 0.05) is 35.9 Å². The number of aromatic nitrogens is 1. The van der Waals surface area contributed by atoms with E-state index in [0.29, 0.717) is 5.92 Å². The number of hydrogen-bond acceptors (Lipinski definition) is 1. The van der Waals surface area contributed by atoms with Gasteiger partial charge in [-0.25, -0.2) is 4.79 Å². The Balaban J connectivity index is 1.73. The number of amides is 2. The molecule has 0 aliphatic carbocycles. The van der Waals surface area contributed by atoms with E-state index in [1.54, 1.807) is 0 Å². The molecule has 94 valence electrons. The summed E-state index contributed by atoms with van der Waals surface area (Å²) in [5.41, 5.74) is 1.94. The fourth-order valence-electron chi connectivity index (χ4n) is 2.45. The Bertz CT molecular complexity index is 575. The third-order valence-corrected chi connectivity index (χ3v) is 3.52. The van der Waals surface area contributed by atoms with Crippen LogP contribution in [0.3, 0.4) is 0 Å². The van der Waals surface area contributed by atoms with Crippen molar-refractivity contribution in [3.05, 3.63) is 30.5 Å². The number of H-pyrrole nitrogens is 1. The van der Waals surface area contributed by atoms with Crippen LogP contribution in [0.1, 0.15) is 13.3 Å². The predicted octanol–water partition coefficient (Wildman–Crippen LogP) is 3.04. The van der Waals surface area contributed by atoms with Gasteiger partial charge < -0.3 is 15.2 Å². The summed E-state index contributed by atoms with van der Waals surface area (Å²) in [6.07, 6.45) is 3.00. The van der Waals surface area contributed by atoms with Crippen molar-refractivity contribution in [1.29, 1.82) is 0 Å². The molecule has 1 saturated heterocycles. The standard InChI is InChI=1S/C14H17N3O/c1-10-5-7-17(9-10)14(18)16-12-2-3-13-11(8-12)4-6-15-13/h2-4,6,8,10,15H,5,7,9H2,1H3,(H,16,18). The van der Waals surface area contributed by atoms with Gasteiger partial charge in [0.2, 0.25) is 0 Å². The smallest absolute Gasteiger partial charge is 0.321 e. The number of carbonyl (C=O) groups excluding carboxylic acids is 1. The molecular formula is C14H17N3O. The van der Waals surface area contributed by atoms with Crippen molar-refractivity contribution in [3.8, 4) is 0 Å². The number of aromatic amines is 1. The lowest BCUT2D eigenvalue weighted by Crippen LogP contribution is -2.32. The van der Waals surface area contributed by atoms with Crippen LogP contribution in [-0.2, 0) is 0 Å². The maximum atomic E-state index is 12.0. The Morgan fingerprint density at radius 2 is 2.33 bits per heavy atom. The van der Waals surface area contributed by atoms with E-state index in [4.69, 9.17) is 0 Å². The van der Waals surface area contributed by atoms with Crippen molar-refractivity contribution in [2.24, 2.45) is 5.92 Å². The van der Waals surface area contributed by atoms with Crippen molar-refractivity contribution < 1.29 is 4.79 Å². The molecule has 1 aliphatic heterocycles. The number of rotatable bonds is 1. The minimum atomic E-state index is 0.00855. The molecule has 0 radical (unpaired) electrons. The fourth-order valence-corrected chi connectivity index (χ4v) is 2.45. The minimum absolute atomic E-state index is 0.00855. The van der Waals surface area contributed by atoms with Gasteiger partial charge in [0.25, 0.3) is 0 Å². The Hall–Kier alpha value is -1.97. The van der Waals surface area contributed by atoms with Gasteiger partial charge in [-0.05, 0) is 36.6 Å². The van der Waals surface area contributed by atoms with Crippen molar-refractivity contribution in [2.45, 2.75) is 13.3 Å². The topological polar surface area (TPSA) is 48.1 Å². The first kappa shape index (κ1) is 11.1. The third kappa shape index (κ3) is 2.06. The average molecular weight is 243 g/mol. The third-order valence-electron chi connectivity index (χ3n) is 3.52. The van der Waals surface area contributed by atoms with Crippen LogP contribution in [0.15, 0.2) is 30.5 Å². The lowest BCUT2D eigenvalue weighted by atomic mass is 10.2. The van der Waals surface area contributed by atoms with Gasteiger partial charge in [-0.15, -0.1) is 0 Å². The zero-order valence-corrected chi connectivity index (χ0v) is 10.4. The SMILES string of the molecule is CC1CCN(C(=O)Nc2ccc3[nH]ccc3c2)C1. The molecule has 1 fully saturated rings. The maximum Gasteiger partial charge on any atom is 0.321 e. The van der Waals surface area contributed by atoms with Crippen LogP contribution in [0.5, 0.6) is 0 Å². The van der Waals surface area contributed by atoms with Crippen molar-refractivity contribution in [3.63, 3.8) is 0 Å². The first-order chi connectivity index (χ1) is 8.72. The molecule has 1 atom stereocenters. The highest BCUT2D eigenvalue weighted by molar-refractivity contribution is 5.92. The monoisotopic (exact) mass is 243 g/mol. The highest BCUT2D eigenvalue weighted by atomic mass is 16.2. The zero-order valence-electron chi connectivity index (χ0n) is 10.4. The predicted molar refractivity (Wildman–Crippen MR) is 72.7 cm³/mol. The van der Waals surface area contributed by atoms with E-state index in [1.165, 1.54) is 0 Å². The Morgan fingerprint density at radius 1 is 1.44 bits per heavy atom. The van der Waals surface area contributed by atoms with Crippen molar-refractivity contribution in [2.75, 3.05) is 18.4 Å². The van der Waals surface area contributed by atoms with E-state index in [0.717, 1.165) is 36.1 Å². The summed E-state index contributed by atoms with van der Waals surface area (Å²) in [5.74, 6) is 0.614. The van der Waals surface area contributed by atoms with Crippen LogP contribution in [0.25, 0.3) is 10.9 Å². The van der Waals surface area contributed by atoms with Gasteiger partial charge in [0.1, 0.15) is 0 Å². The largest absolute Gasteiger partial charge is 0.361 e. The van der Waals surface area contributed by atoms with Crippen LogP contribution in [-0.4, -0.2) is 29.0 Å². The number of fused-ring (bicyclic) bond motifs is 1. The lowest BCUT2D eigenvalue weighted by Gasteiger charge is -2.16. The van der Waals surface area contributed by atoms with Gasteiger partial charge in [-0.3, -0.25) is 0 Å². The van der Waals surface area contributed by atoms with Gasteiger partial charge in [-0.2, -0.15) is 0 Å². The van der Waals surface area contributed by atoms with Gasteiger partial charge in [0.05, 0.1) is 0 Å². The summed E-state index contributed by atoms with van der Waals surface area (Å²) < 4.78 is 0. The molecule has 3 rings (SSSR count). The fraction of sp³-hybridized carbons (Fsp3) is 0.357. The van der Waals surface area contributed by atoms with E-state index in [1.807, 2.05) is 35.4 Å². The van der Waals surface area contributed by atoms with Crippen molar-refractivity contribution >= 4 is 22.6 Å². The number of carbonyl (C=O) groups is 1. The summed E-state index contributed by atoms with van der Waals surface area (Å²) in [4.78, 5) is 17.1. The number of benzene rings is 1. The molecule has 1 unspecified atom stereocenters. The van der Waals surface area contributed by atoms with Gasteiger partial charge in [-0.1, -0.05) is 6.92 Å². The second-order valence-corrected chi connectivity index (χ2v) is 5.05. The summed E-state index contributed by atoms with van der Waals surface area (Å²) in [6.45, 7) is 3.90. The number of urea groups is 1. The minimum Gasteiger partial charge on any atom is -0.361 e. The quantitative estimate of drug-likeness (QED) is 0.794. The van der Waals surface area contributed by atoms with Crippen LogP contribution in [0.2, 0.25) is 0 Å². The molecule has 1 aromatic heterocycles. The van der Waals surface area contributed by atoms with E-state index in [-0.39, 0.29) is 6.03 Å². The van der Waals surface area contributed by atoms with Gasteiger partial charge in [0.15, 0.2) is 0 Å². The Kier molecular flexibility index (Phi) is 2.70. The summed E-state index contributed by atoms with van der Waals surface area (Å²) in [7, 11) is 0. The highest BCUT2D eigenvalue weighted by Crippen LogP contribution is 2.20. The Labute approximate surface area is 106 Å². The molecule has 0 spiro atoms. The highest BCUT2D eigenvalue weighted by Gasteiger charge is 2.23. The molecule has 0 saturated carbocycles. The number of likely N-dealkylation sites (tertiary alicyclic amines) is 1. The molecule has 2 amide bonds. The molecular weight excluding hydrogens is 226 g/mol. The Morgan fingerprint density at radius 3 is 3.11 bits per heavy atom. The van der Waals surface area contributed by atoms with Crippen molar-refractivity contribution in [1.82, 2.24) is 9.88 Å².